The summed E-state index contributed by atoms with van der Waals surface area (Å²) in [6.07, 6.45) is 1.85. The topological polar surface area (TPSA) is 34.9 Å². The molecule has 0 spiro atoms. The lowest BCUT2D eigenvalue weighted by molar-refractivity contribution is -0.119. The number of aromatic nitrogens is 2. The summed E-state index contributed by atoms with van der Waals surface area (Å²) in [6, 6.07) is 8.16. The molecule has 17 heavy (non-hydrogen) atoms. The fraction of sp³-hybridized carbons (Fsp3) is 0.231. The monoisotopic (exact) mass is 232 g/mol. The van der Waals surface area contributed by atoms with E-state index >= 15 is 0 Å². The van der Waals surface area contributed by atoms with Crippen LogP contribution in [-0.2, 0) is 17.8 Å². The first-order valence-corrected chi connectivity index (χ1v) is 5.40. The van der Waals surface area contributed by atoms with Crippen molar-refractivity contribution in [1.29, 1.82) is 0 Å². The second-order valence-electron chi connectivity index (χ2n) is 3.96. The zero-order valence-electron chi connectivity index (χ0n) is 9.56. The van der Waals surface area contributed by atoms with Gasteiger partial charge >= 0.3 is 0 Å². The van der Waals surface area contributed by atoms with Crippen molar-refractivity contribution >= 4 is 5.78 Å². The highest BCUT2D eigenvalue weighted by Gasteiger charge is 2.08. The van der Waals surface area contributed by atoms with Crippen LogP contribution in [0.4, 0.5) is 4.39 Å². The van der Waals surface area contributed by atoms with Crippen molar-refractivity contribution in [3.63, 3.8) is 0 Å². The molecule has 0 aliphatic rings. The van der Waals surface area contributed by atoms with E-state index in [2.05, 4.69) is 5.10 Å². The maximum Gasteiger partial charge on any atom is 0.158 e. The molecule has 1 aromatic heterocycles. The third-order valence-corrected chi connectivity index (χ3v) is 2.46. The molecule has 0 saturated heterocycles. The maximum atomic E-state index is 13.3. The number of Topliss-reactive ketones (excluding diaryl/α,β-unsaturated/α-hetero) is 1. The summed E-state index contributed by atoms with van der Waals surface area (Å²) < 4.78 is 14.9. The van der Waals surface area contributed by atoms with E-state index < -0.39 is 0 Å². The summed E-state index contributed by atoms with van der Waals surface area (Å²) in [6.45, 7) is 2.04. The van der Waals surface area contributed by atoms with Crippen LogP contribution in [0.2, 0.25) is 0 Å². The molecule has 0 N–H and O–H groups in total. The van der Waals surface area contributed by atoms with E-state index in [1.54, 1.807) is 29.1 Å². The van der Waals surface area contributed by atoms with Gasteiger partial charge in [0.15, 0.2) is 5.78 Å². The minimum atomic E-state index is -0.336. The van der Waals surface area contributed by atoms with Gasteiger partial charge in [0.05, 0.1) is 12.2 Å². The van der Waals surface area contributed by atoms with Gasteiger partial charge in [-0.2, -0.15) is 5.10 Å². The number of carbonyl (C=O) groups excluding carboxylic acids is 1. The SMILES string of the molecule is Cc1ccn(CC(=O)Cc2ccccc2F)n1. The van der Waals surface area contributed by atoms with Gasteiger partial charge in [0.1, 0.15) is 5.82 Å². The molecule has 0 amide bonds. The largest absolute Gasteiger partial charge is 0.297 e. The van der Waals surface area contributed by atoms with Gasteiger partial charge in [-0.05, 0) is 24.6 Å². The average molecular weight is 232 g/mol. The highest BCUT2D eigenvalue weighted by molar-refractivity contribution is 5.80. The fourth-order valence-corrected chi connectivity index (χ4v) is 1.64. The number of benzene rings is 1. The Labute approximate surface area is 98.9 Å². The molecule has 1 heterocycles. The highest BCUT2D eigenvalue weighted by atomic mass is 19.1. The number of nitrogens with zero attached hydrogens (tertiary/aromatic N) is 2. The van der Waals surface area contributed by atoms with Crippen molar-refractivity contribution in [3.8, 4) is 0 Å². The average Bonchev–Trinajstić information content (AvgIpc) is 2.67. The van der Waals surface area contributed by atoms with Crippen LogP contribution in [0.3, 0.4) is 0 Å². The van der Waals surface area contributed by atoms with E-state index in [1.807, 2.05) is 13.0 Å². The number of hydrogen-bond acceptors (Lipinski definition) is 2. The second-order valence-corrected chi connectivity index (χ2v) is 3.96. The highest BCUT2D eigenvalue weighted by Crippen LogP contribution is 2.08. The molecule has 2 aromatic rings. The van der Waals surface area contributed by atoms with Crippen LogP contribution in [0.1, 0.15) is 11.3 Å². The van der Waals surface area contributed by atoms with Crippen molar-refractivity contribution in [2.45, 2.75) is 19.9 Å². The van der Waals surface area contributed by atoms with Crippen molar-refractivity contribution in [2.75, 3.05) is 0 Å². The Hall–Kier alpha value is -1.97. The molecule has 1 aromatic carbocycles. The molecule has 0 saturated carbocycles. The number of aryl methyl sites for hydroxylation is 1. The van der Waals surface area contributed by atoms with E-state index in [9.17, 15) is 9.18 Å². The van der Waals surface area contributed by atoms with E-state index in [-0.39, 0.29) is 24.6 Å². The summed E-state index contributed by atoms with van der Waals surface area (Å²) in [4.78, 5) is 11.7. The van der Waals surface area contributed by atoms with E-state index in [0.29, 0.717) is 5.56 Å². The standard InChI is InChI=1S/C13H13FN2O/c1-10-6-7-16(15-10)9-12(17)8-11-4-2-3-5-13(11)14/h2-7H,8-9H2,1H3. The van der Waals surface area contributed by atoms with Crippen LogP contribution >= 0.6 is 0 Å². The Morgan fingerprint density at radius 3 is 2.76 bits per heavy atom. The number of rotatable bonds is 4. The van der Waals surface area contributed by atoms with E-state index in [0.717, 1.165) is 5.69 Å². The summed E-state index contributed by atoms with van der Waals surface area (Å²) >= 11 is 0. The Balaban J connectivity index is 2.01. The van der Waals surface area contributed by atoms with Gasteiger partial charge < -0.3 is 0 Å². The van der Waals surface area contributed by atoms with Crippen LogP contribution in [0.25, 0.3) is 0 Å². The summed E-state index contributed by atoms with van der Waals surface area (Å²) in [5, 5.41) is 4.12. The summed E-state index contributed by atoms with van der Waals surface area (Å²) in [5.41, 5.74) is 1.30. The first kappa shape index (κ1) is 11.5. The van der Waals surface area contributed by atoms with Gasteiger partial charge in [0.25, 0.3) is 0 Å². The molecule has 0 aliphatic carbocycles. The van der Waals surface area contributed by atoms with Gasteiger partial charge in [-0.15, -0.1) is 0 Å². The molecular weight excluding hydrogens is 219 g/mol. The normalized spacial score (nSPS) is 10.5. The summed E-state index contributed by atoms with van der Waals surface area (Å²) in [7, 11) is 0. The molecule has 0 bridgehead atoms. The minimum Gasteiger partial charge on any atom is -0.297 e. The predicted octanol–water partition coefficient (Wildman–Crippen LogP) is 2.14. The Morgan fingerprint density at radius 1 is 1.35 bits per heavy atom. The van der Waals surface area contributed by atoms with Gasteiger partial charge in [0, 0.05) is 12.6 Å². The molecule has 0 aliphatic heterocycles. The molecule has 0 fully saturated rings. The first-order chi connectivity index (χ1) is 8.15. The minimum absolute atomic E-state index is 0.0572. The van der Waals surface area contributed by atoms with Gasteiger partial charge in [-0.1, -0.05) is 18.2 Å². The predicted molar refractivity (Wildman–Crippen MR) is 62.1 cm³/mol. The third kappa shape index (κ3) is 3.00. The molecule has 2 rings (SSSR count). The second kappa shape index (κ2) is 4.91. The van der Waals surface area contributed by atoms with Gasteiger partial charge in [-0.3, -0.25) is 9.48 Å². The van der Waals surface area contributed by atoms with Crippen molar-refractivity contribution in [1.82, 2.24) is 9.78 Å². The number of carbonyl (C=O) groups is 1. The Bertz CT molecular complexity index is 534. The summed E-state index contributed by atoms with van der Waals surface area (Å²) in [5.74, 6) is -0.393. The fourth-order valence-electron chi connectivity index (χ4n) is 1.64. The Morgan fingerprint density at radius 2 is 2.12 bits per heavy atom. The quantitative estimate of drug-likeness (QED) is 0.809. The van der Waals surface area contributed by atoms with Crippen molar-refractivity contribution in [2.24, 2.45) is 0 Å². The third-order valence-electron chi connectivity index (χ3n) is 2.46. The molecule has 4 heteroatoms. The van der Waals surface area contributed by atoms with Gasteiger partial charge in [-0.25, -0.2) is 4.39 Å². The number of ketones is 1. The van der Waals surface area contributed by atoms with Gasteiger partial charge in [0.2, 0.25) is 0 Å². The lowest BCUT2D eigenvalue weighted by Gasteiger charge is -2.03. The van der Waals surface area contributed by atoms with E-state index in [1.165, 1.54) is 6.07 Å². The van der Waals surface area contributed by atoms with Crippen LogP contribution in [0.15, 0.2) is 36.5 Å². The maximum absolute atomic E-state index is 13.3. The van der Waals surface area contributed by atoms with Crippen LogP contribution in [0, 0.1) is 12.7 Å². The zero-order chi connectivity index (χ0) is 12.3. The van der Waals surface area contributed by atoms with Crippen molar-refractivity contribution < 1.29 is 9.18 Å². The van der Waals surface area contributed by atoms with E-state index in [4.69, 9.17) is 0 Å². The van der Waals surface area contributed by atoms with Crippen LogP contribution < -0.4 is 0 Å². The van der Waals surface area contributed by atoms with Crippen LogP contribution in [-0.4, -0.2) is 15.6 Å². The molecule has 0 unspecified atom stereocenters. The molecule has 88 valence electrons. The lowest BCUT2D eigenvalue weighted by atomic mass is 10.1. The molecule has 3 nitrogen and oxygen atoms in total. The zero-order valence-corrected chi connectivity index (χ0v) is 9.56. The smallest absolute Gasteiger partial charge is 0.158 e. The molecule has 0 atom stereocenters. The van der Waals surface area contributed by atoms with Crippen LogP contribution in [0.5, 0.6) is 0 Å². The number of halogens is 1. The van der Waals surface area contributed by atoms with Crippen molar-refractivity contribution in [3.05, 3.63) is 53.6 Å². The Kier molecular flexibility index (Phi) is 3.32. The molecular formula is C13H13FN2O. The number of hydrogen-bond donors (Lipinski definition) is 0. The molecule has 0 radical (unpaired) electrons. The lowest BCUT2D eigenvalue weighted by Crippen LogP contribution is -2.13. The first-order valence-electron chi connectivity index (χ1n) is 5.40.